The van der Waals surface area contributed by atoms with Crippen molar-refractivity contribution in [2.24, 2.45) is 5.92 Å². The number of benzene rings is 1. The third-order valence-electron chi connectivity index (χ3n) is 7.25. The molecule has 216 valence electrons. The largest absolute Gasteiger partial charge is 0.504 e. The third-order valence-corrected chi connectivity index (χ3v) is 7.25. The van der Waals surface area contributed by atoms with Gasteiger partial charge in [-0.3, -0.25) is 4.79 Å². The molecule has 3 rings (SSSR count). The van der Waals surface area contributed by atoms with Crippen molar-refractivity contribution < 1.29 is 70.4 Å². The van der Waals surface area contributed by atoms with Gasteiger partial charge >= 0.3 is 0 Å². The molecule has 0 bridgehead atoms. The van der Waals surface area contributed by atoms with Gasteiger partial charge < -0.3 is 65.6 Å². The smallest absolute Gasteiger partial charge is 0.289 e. The van der Waals surface area contributed by atoms with Crippen LogP contribution < -0.4 is 9.47 Å². The van der Waals surface area contributed by atoms with Crippen molar-refractivity contribution in [3.05, 3.63) is 48.1 Å². The van der Waals surface area contributed by atoms with Crippen molar-refractivity contribution in [3.63, 3.8) is 0 Å². The lowest BCUT2D eigenvalue weighted by Gasteiger charge is -2.63. The number of piperidine rings is 1. The summed E-state index contributed by atoms with van der Waals surface area (Å²) < 4.78 is 9.96. The summed E-state index contributed by atoms with van der Waals surface area (Å²) in [5, 5.41) is 119. The number of aliphatic hydroxyl groups is 9. The second kappa shape index (κ2) is 9.53. The monoisotopic (exact) mass is 557 g/mol. The van der Waals surface area contributed by atoms with Crippen molar-refractivity contribution in [2.45, 2.75) is 41.8 Å². The lowest BCUT2D eigenvalue weighted by atomic mass is 9.69. The fourth-order valence-corrected chi connectivity index (χ4v) is 5.05. The van der Waals surface area contributed by atoms with E-state index in [-0.39, 0.29) is 21.8 Å². The Morgan fingerprint density at radius 1 is 0.923 bits per heavy atom. The van der Waals surface area contributed by atoms with E-state index in [2.05, 4.69) is 13.2 Å². The van der Waals surface area contributed by atoms with Crippen molar-refractivity contribution in [1.82, 2.24) is 4.90 Å². The van der Waals surface area contributed by atoms with Gasteiger partial charge in [-0.05, 0) is 18.4 Å². The number of Topliss-reactive ketones (excluding diaryl/α,β-unsaturated/α-hetero) is 1. The van der Waals surface area contributed by atoms with Crippen LogP contribution in [0.3, 0.4) is 0 Å². The molecule has 39 heavy (non-hydrogen) atoms. The van der Waals surface area contributed by atoms with Crippen LogP contribution in [-0.2, 0) is 6.42 Å². The number of allylic oxidation sites excluding steroid dienone is 2. The van der Waals surface area contributed by atoms with Crippen LogP contribution in [0.4, 0.5) is 0 Å². The van der Waals surface area contributed by atoms with Gasteiger partial charge in [0.15, 0.2) is 22.9 Å². The van der Waals surface area contributed by atoms with Gasteiger partial charge in [0.05, 0.1) is 19.8 Å². The van der Waals surface area contributed by atoms with E-state index in [1.165, 1.54) is 12.2 Å². The average Bonchev–Trinajstić information content (AvgIpc) is 3.18. The van der Waals surface area contributed by atoms with E-state index in [0.717, 1.165) is 20.3 Å². The second-order valence-electron chi connectivity index (χ2n) is 9.33. The maximum Gasteiger partial charge on any atom is 0.289 e. The lowest BCUT2D eigenvalue weighted by molar-refractivity contribution is -0.595. The Hall–Kier alpha value is -3.09. The highest BCUT2D eigenvalue weighted by atomic mass is 16.7. The van der Waals surface area contributed by atoms with Gasteiger partial charge in [0.2, 0.25) is 11.5 Å². The second-order valence-corrected chi connectivity index (χ2v) is 9.33. The molecule has 11 N–H and O–H groups in total. The number of methoxy groups -OCH3 is 2. The molecule has 0 spiro atoms. The van der Waals surface area contributed by atoms with Crippen molar-refractivity contribution in [1.29, 1.82) is 0 Å². The molecule has 1 saturated heterocycles. The quantitative estimate of drug-likeness (QED) is 0.0856. The number of phenols is 2. The minimum atomic E-state index is -4.41. The number of ether oxygens (including phenoxy) is 2. The minimum Gasteiger partial charge on any atom is -0.504 e. The molecule has 1 aromatic rings. The number of fused-ring (bicyclic) bond motifs is 1. The maximum atomic E-state index is 13.2. The number of rotatable bonds is 8. The SMILES string of the molecule is C=C/C=C(\C=C)CN1C(O)(O)C(O)(O)C(O)(CC2Cc3c(O)c(OC)c(OC)c(O)c3C2=O)C(O)(O)C1(O)O. The first-order valence-corrected chi connectivity index (χ1v) is 11.3. The molecule has 15 nitrogen and oxygen atoms in total. The number of hydrogen-bond acceptors (Lipinski definition) is 15. The molecule has 1 heterocycles. The number of carbonyl (C=O) groups is 1. The van der Waals surface area contributed by atoms with Crippen LogP contribution in [0, 0.1) is 5.92 Å². The van der Waals surface area contributed by atoms with E-state index in [1.54, 1.807) is 0 Å². The number of hydrogen-bond donors (Lipinski definition) is 11. The molecule has 0 saturated carbocycles. The molecule has 2 aliphatic rings. The Bertz CT molecular complexity index is 1200. The lowest BCUT2D eigenvalue weighted by Crippen LogP contribution is -2.93. The third kappa shape index (κ3) is 3.86. The highest BCUT2D eigenvalue weighted by Crippen LogP contribution is 2.56. The van der Waals surface area contributed by atoms with Gasteiger partial charge in [-0.2, -0.15) is 4.90 Å². The van der Waals surface area contributed by atoms with Crippen LogP contribution in [0.15, 0.2) is 37.0 Å². The summed E-state index contributed by atoms with van der Waals surface area (Å²) in [7, 11) is 2.22. The van der Waals surface area contributed by atoms with Gasteiger partial charge in [0, 0.05) is 18.0 Å². The van der Waals surface area contributed by atoms with E-state index in [9.17, 15) is 61.0 Å². The fourth-order valence-electron chi connectivity index (χ4n) is 5.05. The molecule has 1 unspecified atom stereocenters. The van der Waals surface area contributed by atoms with Crippen LogP contribution >= 0.6 is 0 Å². The summed E-state index contributed by atoms with van der Waals surface area (Å²) in [6, 6.07) is 0. The molecule has 1 aliphatic carbocycles. The Morgan fingerprint density at radius 3 is 1.85 bits per heavy atom. The van der Waals surface area contributed by atoms with E-state index in [1.807, 2.05) is 0 Å². The fraction of sp³-hybridized carbons (Fsp3) is 0.458. The molecule has 0 aromatic heterocycles. The summed E-state index contributed by atoms with van der Waals surface area (Å²) in [4.78, 5) is 12.9. The molecule has 1 fully saturated rings. The zero-order valence-electron chi connectivity index (χ0n) is 20.9. The zero-order valence-corrected chi connectivity index (χ0v) is 20.9. The van der Waals surface area contributed by atoms with Crippen LogP contribution in [-0.4, -0.2) is 117 Å². The molecule has 15 heteroatoms. The maximum absolute atomic E-state index is 13.2. The Balaban J connectivity index is 2.14. The summed E-state index contributed by atoms with van der Waals surface area (Å²) in [5.74, 6) is -22.4. The minimum absolute atomic E-state index is 0.0581. The molecular formula is C24H31NO14. The number of aromatic hydroxyl groups is 2. The first kappa shape index (κ1) is 30.5. The number of ketones is 1. The van der Waals surface area contributed by atoms with Crippen molar-refractivity contribution in [2.75, 3.05) is 20.8 Å². The molecule has 0 radical (unpaired) electrons. The number of carbonyl (C=O) groups excluding carboxylic acids is 1. The highest BCUT2D eigenvalue weighted by Gasteiger charge is 2.84. The number of phenolic OH excluding ortho intramolecular Hbond substituents is 2. The predicted octanol–water partition coefficient (Wildman–Crippen LogP) is -3.16. The van der Waals surface area contributed by atoms with Gasteiger partial charge in [-0.15, -0.1) is 0 Å². The van der Waals surface area contributed by atoms with E-state index in [4.69, 9.17) is 9.47 Å². The summed E-state index contributed by atoms with van der Waals surface area (Å²) >= 11 is 0. The van der Waals surface area contributed by atoms with Gasteiger partial charge in [-0.25, -0.2) is 0 Å². The Morgan fingerprint density at radius 2 is 1.41 bits per heavy atom. The summed E-state index contributed by atoms with van der Waals surface area (Å²) in [6.45, 7) is 5.79. The summed E-state index contributed by atoms with van der Waals surface area (Å²) in [6.07, 6.45) is 1.35. The van der Waals surface area contributed by atoms with Gasteiger partial charge in [-0.1, -0.05) is 31.4 Å². The predicted molar refractivity (Wildman–Crippen MR) is 128 cm³/mol. The van der Waals surface area contributed by atoms with E-state index in [0.29, 0.717) is 0 Å². The highest BCUT2D eigenvalue weighted by molar-refractivity contribution is 6.06. The van der Waals surface area contributed by atoms with Crippen molar-refractivity contribution >= 4 is 5.78 Å². The topological polar surface area (TPSA) is 261 Å². The van der Waals surface area contributed by atoms with Crippen LogP contribution in [0.5, 0.6) is 23.0 Å². The Labute approximate surface area is 221 Å². The van der Waals surface area contributed by atoms with Crippen LogP contribution in [0.25, 0.3) is 0 Å². The molecule has 0 amide bonds. The van der Waals surface area contributed by atoms with Gasteiger partial charge in [0.25, 0.3) is 23.4 Å². The normalized spacial score (nSPS) is 24.6. The molecule has 1 aliphatic heterocycles. The van der Waals surface area contributed by atoms with Crippen molar-refractivity contribution in [3.8, 4) is 23.0 Å². The first-order valence-electron chi connectivity index (χ1n) is 11.3. The number of nitrogens with zero attached hydrogens (tertiary/aromatic N) is 1. The molecule has 1 aromatic carbocycles. The molecular weight excluding hydrogens is 526 g/mol. The van der Waals surface area contributed by atoms with Gasteiger partial charge in [0.1, 0.15) is 0 Å². The molecule has 1 atom stereocenters. The standard InChI is InChI=1S/C24H31NO14/c1-5-7-11(6-2)10-25-23(34,35)21(30,31)20(29,22(32,33)24(25,36)37)9-12-8-13-14(15(12)26)17(28)19(39-4)18(38-3)16(13)27/h5-7,12,27-37H,1-2,8-10H2,3-4H3/b11-7+. The van der Waals surface area contributed by atoms with Crippen LogP contribution in [0.2, 0.25) is 0 Å². The van der Waals surface area contributed by atoms with Crippen LogP contribution in [0.1, 0.15) is 22.3 Å². The summed E-state index contributed by atoms with van der Waals surface area (Å²) in [5.41, 5.74) is -4.95. The Kier molecular flexibility index (Phi) is 7.44. The van der Waals surface area contributed by atoms with E-state index >= 15 is 0 Å². The average molecular weight is 558 g/mol. The zero-order chi connectivity index (χ0) is 29.9. The van der Waals surface area contributed by atoms with E-state index < -0.39 is 82.9 Å². The number of likely N-dealkylation sites (tertiary alicyclic amines) is 1. The first-order chi connectivity index (χ1) is 17.8.